The van der Waals surface area contributed by atoms with Gasteiger partial charge in [0, 0.05) is 0 Å². The molecule has 0 atom stereocenters. The molecular formula is C11H11NO. The molecule has 1 rings (SSSR count). The fourth-order valence-corrected chi connectivity index (χ4v) is 0.883. The van der Waals surface area contributed by atoms with Crippen molar-refractivity contribution in [3.8, 4) is 0 Å². The maximum Gasteiger partial charge on any atom is 0.231 e. The van der Waals surface area contributed by atoms with Crippen LogP contribution in [0.25, 0.3) is 12.2 Å². The molecule has 0 amide bonds. The number of rotatable bonds is 2. The number of benzene rings is 1. The van der Waals surface area contributed by atoms with Gasteiger partial charge in [-0.25, -0.2) is 10.2 Å². The topological polar surface area (TPSA) is 40.9 Å². The van der Waals surface area contributed by atoms with Crippen LogP contribution in [0.2, 0.25) is 0 Å². The van der Waals surface area contributed by atoms with Gasteiger partial charge in [-0.2, -0.15) is 0 Å². The second-order valence-corrected chi connectivity index (χ2v) is 2.14. The predicted molar refractivity (Wildman–Crippen MR) is 55.0 cm³/mol. The van der Waals surface area contributed by atoms with Gasteiger partial charge in [-0.3, -0.25) is 0 Å². The third kappa shape index (κ3) is 3.85. The lowest BCUT2D eigenvalue weighted by molar-refractivity contribution is 0.563. The zero-order chi connectivity index (χ0) is 10.1. The van der Waals surface area contributed by atoms with Crippen LogP contribution in [0.5, 0.6) is 0 Å². The van der Waals surface area contributed by atoms with Gasteiger partial charge >= 0.3 is 0 Å². The van der Waals surface area contributed by atoms with Gasteiger partial charge in [-0.1, -0.05) is 49.6 Å². The monoisotopic (exact) mass is 173 g/mol. The molecule has 66 valence electrons. The number of carbonyl (C=O) groups excluding carboxylic acids is 1. The Balaban J connectivity index is 0.000000424. The van der Waals surface area contributed by atoms with Crippen LogP contribution in [0.3, 0.4) is 0 Å². The minimum Gasteiger partial charge on any atom is -0.222 e. The fourth-order valence-electron chi connectivity index (χ4n) is 0.883. The first-order valence-electron chi connectivity index (χ1n) is 3.68. The highest BCUT2D eigenvalue weighted by molar-refractivity contribution is 5.63. The van der Waals surface area contributed by atoms with Crippen molar-refractivity contribution in [2.45, 2.75) is 0 Å². The van der Waals surface area contributed by atoms with Gasteiger partial charge in [0.15, 0.2) is 0 Å². The van der Waals surface area contributed by atoms with E-state index in [1.807, 2.05) is 36.4 Å². The summed E-state index contributed by atoms with van der Waals surface area (Å²) in [6, 6.07) is 8.02. The van der Waals surface area contributed by atoms with Gasteiger partial charge in [0.1, 0.15) is 0 Å². The first-order chi connectivity index (χ1) is 6.29. The van der Waals surface area contributed by atoms with Crippen LogP contribution in [0.1, 0.15) is 11.1 Å². The molecule has 0 heterocycles. The van der Waals surface area contributed by atoms with E-state index in [0.717, 1.165) is 17.2 Å². The lowest BCUT2D eigenvalue weighted by Crippen LogP contribution is -1.76. The van der Waals surface area contributed by atoms with Gasteiger partial charge in [-0.05, 0) is 11.1 Å². The summed E-state index contributed by atoms with van der Waals surface area (Å²) in [7, 11) is 0. The van der Waals surface area contributed by atoms with E-state index in [4.69, 9.17) is 10.2 Å². The van der Waals surface area contributed by atoms with Gasteiger partial charge in [0.25, 0.3) is 0 Å². The molecule has 0 radical (unpaired) electrons. The van der Waals surface area contributed by atoms with Gasteiger partial charge < -0.3 is 0 Å². The van der Waals surface area contributed by atoms with E-state index < -0.39 is 0 Å². The summed E-state index contributed by atoms with van der Waals surface area (Å²) in [6.07, 6.45) is 4.41. The second kappa shape index (κ2) is 6.77. The summed E-state index contributed by atoms with van der Waals surface area (Å²) in [4.78, 5) is 8.35. The van der Waals surface area contributed by atoms with E-state index in [2.05, 4.69) is 13.2 Å². The second-order valence-electron chi connectivity index (χ2n) is 2.14. The zero-order valence-electron chi connectivity index (χ0n) is 7.29. The Hall–Kier alpha value is -1.92. The molecule has 2 heteroatoms. The Labute approximate surface area is 77.7 Å². The van der Waals surface area contributed by atoms with Gasteiger partial charge in [-0.15, -0.1) is 0 Å². The predicted octanol–water partition coefficient (Wildman–Crippen LogP) is 2.87. The van der Waals surface area contributed by atoms with E-state index >= 15 is 0 Å². The van der Waals surface area contributed by atoms with Crippen molar-refractivity contribution in [3.05, 3.63) is 48.6 Å². The van der Waals surface area contributed by atoms with Crippen molar-refractivity contribution in [1.29, 1.82) is 5.41 Å². The summed E-state index contributed by atoms with van der Waals surface area (Å²) < 4.78 is 0. The van der Waals surface area contributed by atoms with Crippen LogP contribution in [-0.4, -0.2) is 6.08 Å². The minimum absolute atomic E-state index is 0.750. The fraction of sp³-hybridized carbons (Fsp3) is 0. The van der Waals surface area contributed by atoms with Gasteiger partial charge in [0.2, 0.25) is 6.08 Å². The highest BCUT2D eigenvalue weighted by Gasteiger charge is 1.89. The molecule has 0 bridgehead atoms. The molecule has 0 spiro atoms. The highest BCUT2D eigenvalue weighted by atomic mass is 16.1. The molecule has 0 fully saturated rings. The molecule has 0 aliphatic rings. The lowest BCUT2D eigenvalue weighted by Gasteiger charge is -1.96. The van der Waals surface area contributed by atoms with Crippen LogP contribution >= 0.6 is 0 Å². The summed E-state index contributed by atoms with van der Waals surface area (Å²) >= 11 is 0. The van der Waals surface area contributed by atoms with Crippen LogP contribution in [0.4, 0.5) is 0 Å². The molecule has 0 aliphatic carbocycles. The third-order valence-corrected chi connectivity index (χ3v) is 1.44. The molecule has 0 saturated carbocycles. The van der Waals surface area contributed by atoms with Crippen LogP contribution in [0.15, 0.2) is 37.4 Å². The molecular weight excluding hydrogens is 162 g/mol. The molecule has 0 aliphatic heterocycles. The quantitative estimate of drug-likeness (QED) is 0.542. The molecule has 1 N–H and O–H groups in total. The minimum atomic E-state index is 0.750. The van der Waals surface area contributed by atoms with Crippen LogP contribution in [-0.2, 0) is 4.79 Å². The first-order valence-corrected chi connectivity index (χ1v) is 3.68. The van der Waals surface area contributed by atoms with Crippen molar-refractivity contribution >= 4 is 18.2 Å². The smallest absolute Gasteiger partial charge is 0.222 e. The Kier molecular flexibility index (Phi) is 5.77. The Morgan fingerprint density at radius 1 is 1.15 bits per heavy atom. The number of hydrogen-bond acceptors (Lipinski definition) is 2. The average molecular weight is 173 g/mol. The zero-order valence-corrected chi connectivity index (χ0v) is 7.29. The summed E-state index contributed by atoms with van der Waals surface area (Å²) in [6.45, 7) is 7.38. The Morgan fingerprint density at radius 2 is 1.46 bits per heavy atom. The van der Waals surface area contributed by atoms with Crippen LogP contribution in [0, 0.1) is 5.41 Å². The molecule has 13 heavy (non-hydrogen) atoms. The maximum absolute atomic E-state index is 8.35. The lowest BCUT2D eigenvalue weighted by atomic mass is 10.1. The Bertz CT molecular complexity index is 296. The molecule has 1 aromatic rings. The summed E-state index contributed by atoms with van der Waals surface area (Å²) in [5, 5.41) is 5.40. The van der Waals surface area contributed by atoms with E-state index in [9.17, 15) is 0 Å². The molecule has 2 nitrogen and oxygen atoms in total. The number of nitrogens with one attached hydrogen (secondary N) is 1. The van der Waals surface area contributed by atoms with E-state index in [0.29, 0.717) is 0 Å². The summed E-state index contributed by atoms with van der Waals surface area (Å²) in [5.74, 6) is 0. The third-order valence-electron chi connectivity index (χ3n) is 1.44. The average Bonchev–Trinajstić information content (AvgIpc) is 2.19. The molecule has 1 aromatic carbocycles. The number of hydrogen-bond donors (Lipinski definition) is 1. The van der Waals surface area contributed by atoms with E-state index in [-0.39, 0.29) is 0 Å². The van der Waals surface area contributed by atoms with Crippen molar-refractivity contribution in [1.82, 2.24) is 0 Å². The van der Waals surface area contributed by atoms with E-state index in [1.54, 1.807) is 0 Å². The van der Waals surface area contributed by atoms with E-state index in [1.165, 1.54) is 0 Å². The maximum atomic E-state index is 8.35. The van der Waals surface area contributed by atoms with Crippen molar-refractivity contribution in [2.75, 3.05) is 0 Å². The Morgan fingerprint density at radius 3 is 1.69 bits per heavy atom. The van der Waals surface area contributed by atoms with Crippen LogP contribution < -0.4 is 0 Å². The van der Waals surface area contributed by atoms with Crippen molar-refractivity contribution < 1.29 is 4.79 Å². The van der Waals surface area contributed by atoms with Crippen molar-refractivity contribution in [2.24, 2.45) is 0 Å². The molecule has 0 saturated heterocycles. The first kappa shape index (κ1) is 11.1. The highest BCUT2D eigenvalue weighted by Crippen LogP contribution is 2.10. The molecule has 0 aromatic heterocycles. The van der Waals surface area contributed by atoms with Crippen molar-refractivity contribution in [3.63, 3.8) is 0 Å². The summed E-state index contributed by atoms with van der Waals surface area (Å²) in [5.41, 5.74) is 2.27. The SMILES string of the molecule is C=Cc1ccccc1C=C.N=C=O. The normalized spacial score (nSPS) is 7.38. The largest absolute Gasteiger partial charge is 0.231 e. The number of isocyanates is 1. The molecule has 0 unspecified atom stereocenters. The van der Waals surface area contributed by atoms with Gasteiger partial charge in [0.05, 0.1) is 0 Å². The standard InChI is InChI=1S/C10H10.CHNO/c1-3-9-7-5-6-8-10(9)4-2;2-1-3/h3-8H,1-2H2;2H.